The highest BCUT2D eigenvalue weighted by Gasteiger charge is 2.33. The van der Waals surface area contributed by atoms with Crippen LogP contribution < -0.4 is 9.62 Å². The van der Waals surface area contributed by atoms with Crippen LogP contribution in [0.1, 0.15) is 25.8 Å². The van der Waals surface area contributed by atoms with Crippen LogP contribution in [-0.2, 0) is 26.3 Å². The van der Waals surface area contributed by atoms with Crippen LogP contribution in [0.4, 0.5) is 10.1 Å². The number of para-hydroxylation sites is 1. The minimum absolute atomic E-state index is 0.0272. The van der Waals surface area contributed by atoms with Gasteiger partial charge >= 0.3 is 10.2 Å². The van der Waals surface area contributed by atoms with E-state index in [1.807, 2.05) is 0 Å². The summed E-state index contributed by atoms with van der Waals surface area (Å²) in [6.07, 6.45) is 0.324. The average Bonchev–Trinajstić information content (AvgIpc) is 2.79. The van der Waals surface area contributed by atoms with E-state index in [-0.39, 0.29) is 12.5 Å². The number of carbonyl (C=O) groups is 2. The zero-order valence-corrected chi connectivity index (χ0v) is 20.2. The fourth-order valence-corrected chi connectivity index (χ4v) is 4.37. The Morgan fingerprint density at radius 1 is 1.00 bits per heavy atom. The van der Waals surface area contributed by atoms with E-state index in [2.05, 4.69) is 5.32 Å². The van der Waals surface area contributed by atoms with Gasteiger partial charge in [0.15, 0.2) is 0 Å². The van der Waals surface area contributed by atoms with E-state index in [0.29, 0.717) is 24.2 Å². The molecule has 33 heavy (non-hydrogen) atoms. The number of hydrogen-bond donors (Lipinski definition) is 1. The van der Waals surface area contributed by atoms with Crippen LogP contribution in [0.5, 0.6) is 0 Å². The highest BCUT2D eigenvalue weighted by atomic mass is 32.2. The first-order valence-corrected chi connectivity index (χ1v) is 12.1. The number of benzene rings is 2. The van der Waals surface area contributed by atoms with Gasteiger partial charge in [0, 0.05) is 27.2 Å². The molecule has 0 unspecified atom stereocenters. The standard InChI is InChI=1S/C23H31FN4O4S/c1-5-21(23(30)25-6-2)27(16-18-12-14-19(24)15-13-18)22(29)17-28(33(31,32)26(3)4)20-10-8-7-9-11-20/h7-15,21H,5-6,16-17H2,1-4H3,(H,25,30)/t21-/m0/s1. The molecule has 0 heterocycles. The molecule has 0 aromatic heterocycles. The SMILES string of the molecule is CCNC(=O)[C@H](CC)N(Cc1ccc(F)cc1)C(=O)CN(c1ccccc1)S(=O)(=O)N(C)C. The Balaban J connectivity index is 2.45. The monoisotopic (exact) mass is 478 g/mol. The summed E-state index contributed by atoms with van der Waals surface area (Å²) < 4.78 is 41.5. The molecule has 2 rings (SSSR count). The second-order valence-corrected chi connectivity index (χ2v) is 9.67. The molecule has 0 aliphatic rings. The molecule has 2 amide bonds. The van der Waals surface area contributed by atoms with Crippen molar-refractivity contribution in [2.75, 3.05) is 31.5 Å². The third-order valence-electron chi connectivity index (χ3n) is 5.07. The van der Waals surface area contributed by atoms with E-state index < -0.39 is 34.5 Å². The molecule has 0 radical (unpaired) electrons. The van der Waals surface area contributed by atoms with Gasteiger partial charge in [-0.25, -0.2) is 8.70 Å². The summed E-state index contributed by atoms with van der Waals surface area (Å²) in [4.78, 5) is 27.6. The topological polar surface area (TPSA) is 90.0 Å². The van der Waals surface area contributed by atoms with Crippen molar-refractivity contribution in [1.29, 1.82) is 0 Å². The normalized spacial score (nSPS) is 12.3. The van der Waals surface area contributed by atoms with Gasteiger partial charge in [-0.3, -0.25) is 9.59 Å². The molecular weight excluding hydrogens is 447 g/mol. The fraction of sp³-hybridized carbons (Fsp3) is 0.391. The molecule has 10 heteroatoms. The molecule has 0 aliphatic heterocycles. The van der Waals surface area contributed by atoms with Gasteiger partial charge in [0.05, 0.1) is 5.69 Å². The maximum Gasteiger partial charge on any atom is 0.304 e. The number of carbonyl (C=O) groups excluding carboxylic acids is 2. The van der Waals surface area contributed by atoms with Crippen molar-refractivity contribution in [3.8, 4) is 0 Å². The summed E-state index contributed by atoms with van der Waals surface area (Å²) in [5, 5.41) is 2.73. The molecule has 0 aliphatic carbocycles. The van der Waals surface area contributed by atoms with Gasteiger partial charge in [-0.2, -0.15) is 12.7 Å². The summed E-state index contributed by atoms with van der Waals surface area (Å²) in [5.41, 5.74) is 0.946. The predicted molar refractivity (Wildman–Crippen MR) is 126 cm³/mol. The third-order valence-corrected chi connectivity index (χ3v) is 6.89. The number of anilines is 1. The number of rotatable bonds is 11. The molecule has 0 spiro atoms. The van der Waals surface area contributed by atoms with Crippen molar-refractivity contribution >= 4 is 27.7 Å². The maximum absolute atomic E-state index is 13.5. The Bertz CT molecular complexity index is 1030. The smallest absolute Gasteiger partial charge is 0.304 e. The van der Waals surface area contributed by atoms with Crippen LogP contribution in [0.25, 0.3) is 0 Å². The zero-order valence-electron chi connectivity index (χ0n) is 19.4. The first kappa shape index (κ1) is 26.3. The van der Waals surface area contributed by atoms with E-state index in [0.717, 1.165) is 8.61 Å². The van der Waals surface area contributed by atoms with Crippen molar-refractivity contribution in [1.82, 2.24) is 14.5 Å². The molecule has 0 saturated heterocycles. The summed E-state index contributed by atoms with van der Waals surface area (Å²) in [7, 11) is -1.22. The van der Waals surface area contributed by atoms with Crippen molar-refractivity contribution in [3.63, 3.8) is 0 Å². The van der Waals surface area contributed by atoms with Crippen molar-refractivity contribution in [2.24, 2.45) is 0 Å². The van der Waals surface area contributed by atoms with E-state index in [9.17, 15) is 22.4 Å². The molecule has 1 N–H and O–H groups in total. The quantitative estimate of drug-likeness (QED) is 0.537. The highest BCUT2D eigenvalue weighted by Crippen LogP contribution is 2.21. The number of amides is 2. The van der Waals surface area contributed by atoms with Gasteiger partial charge in [-0.05, 0) is 43.2 Å². The lowest BCUT2D eigenvalue weighted by Gasteiger charge is -2.33. The lowest BCUT2D eigenvalue weighted by Crippen LogP contribution is -2.53. The van der Waals surface area contributed by atoms with Crippen molar-refractivity contribution < 1.29 is 22.4 Å². The molecular formula is C23H31FN4O4S. The Morgan fingerprint density at radius 3 is 2.12 bits per heavy atom. The molecule has 0 bridgehead atoms. The second kappa shape index (κ2) is 11.8. The third kappa shape index (κ3) is 6.75. The minimum Gasteiger partial charge on any atom is -0.355 e. The zero-order chi connectivity index (χ0) is 24.6. The molecule has 0 saturated carbocycles. The van der Waals surface area contributed by atoms with Gasteiger partial charge in [-0.15, -0.1) is 0 Å². The van der Waals surface area contributed by atoms with Crippen LogP contribution in [0, 0.1) is 5.82 Å². The molecule has 180 valence electrons. The van der Waals surface area contributed by atoms with Crippen LogP contribution >= 0.6 is 0 Å². The fourth-order valence-electron chi connectivity index (χ4n) is 3.31. The van der Waals surface area contributed by atoms with Crippen LogP contribution in [0.15, 0.2) is 54.6 Å². The van der Waals surface area contributed by atoms with Crippen LogP contribution in [0.3, 0.4) is 0 Å². The summed E-state index contributed by atoms with van der Waals surface area (Å²) >= 11 is 0. The summed E-state index contributed by atoms with van der Waals surface area (Å²) in [5.74, 6) is -1.30. The number of hydrogen-bond acceptors (Lipinski definition) is 4. The number of nitrogens with one attached hydrogen (secondary N) is 1. The van der Waals surface area contributed by atoms with Crippen molar-refractivity contribution in [3.05, 3.63) is 66.0 Å². The first-order chi connectivity index (χ1) is 15.6. The van der Waals surface area contributed by atoms with E-state index in [1.165, 1.54) is 43.3 Å². The Morgan fingerprint density at radius 2 is 1.61 bits per heavy atom. The Hall–Kier alpha value is -2.98. The van der Waals surface area contributed by atoms with Crippen LogP contribution in [-0.4, -0.2) is 62.7 Å². The molecule has 2 aromatic rings. The molecule has 0 fully saturated rings. The minimum atomic E-state index is -3.99. The average molecular weight is 479 g/mol. The second-order valence-electron chi connectivity index (χ2n) is 7.60. The molecule has 8 nitrogen and oxygen atoms in total. The van der Waals surface area contributed by atoms with E-state index in [1.54, 1.807) is 44.2 Å². The number of likely N-dealkylation sites (N-methyl/N-ethyl adjacent to an activating group) is 1. The lowest BCUT2D eigenvalue weighted by molar-refractivity contribution is -0.140. The van der Waals surface area contributed by atoms with E-state index in [4.69, 9.17) is 0 Å². The number of halogens is 1. The summed E-state index contributed by atoms with van der Waals surface area (Å²) in [6, 6.07) is 13.1. The van der Waals surface area contributed by atoms with E-state index >= 15 is 0 Å². The van der Waals surface area contributed by atoms with Gasteiger partial charge in [0.2, 0.25) is 11.8 Å². The predicted octanol–water partition coefficient (Wildman–Crippen LogP) is 2.38. The molecule has 2 aromatic carbocycles. The van der Waals surface area contributed by atoms with Crippen LogP contribution in [0.2, 0.25) is 0 Å². The highest BCUT2D eigenvalue weighted by molar-refractivity contribution is 7.90. The largest absolute Gasteiger partial charge is 0.355 e. The number of nitrogens with zero attached hydrogens (tertiary/aromatic N) is 3. The van der Waals surface area contributed by atoms with Gasteiger partial charge in [0.25, 0.3) is 0 Å². The first-order valence-electron chi connectivity index (χ1n) is 10.7. The lowest BCUT2D eigenvalue weighted by atomic mass is 10.1. The maximum atomic E-state index is 13.5. The Kier molecular flexibility index (Phi) is 9.36. The van der Waals surface area contributed by atoms with Gasteiger partial charge in [0.1, 0.15) is 18.4 Å². The van der Waals surface area contributed by atoms with Crippen molar-refractivity contribution in [2.45, 2.75) is 32.9 Å². The molecule has 1 atom stereocenters. The Labute approximate surface area is 195 Å². The summed E-state index contributed by atoms with van der Waals surface area (Å²) in [6.45, 7) is 3.47. The van der Waals surface area contributed by atoms with Gasteiger partial charge in [-0.1, -0.05) is 37.3 Å². The van der Waals surface area contributed by atoms with Gasteiger partial charge < -0.3 is 10.2 Å².